The Balaban J connectivity index is 2.51. The number of rotatable bonds is 6. The summed E-state index contributed by atoms with van der Waals surface area (Å²) in [5, 5.41) is 9.63. The molecule has 0 saturated carbocycles. The van der Waals surface area contributed by atoms with Gasteiger partial charge in [0.2, 0.25) is 5.91 Å². The molecule has 0 fully saturated rings. The first-order valence-electron chi connectivity index (χ1n) is 7.91. The van der Waals surface area contributed by atoms with Crippen LogP contribution in [0.25, 0.3) is 0 Å². The molecule has 0 unspecified atom stereocenters. The minimum absolute atomic E-state index is 0.0167. The van der Waals surface area contributed by atoms with Crippen LogP contribution in [-0.4, -0.2) is 55.5 Å². The predicted molar refractivity (Wildman–Crippen MR) is 97.2 cm³/mol. The van der Waals surface area contributed by atoms with Crippen molar-refractivity contribution in [1.29, 1.82) is 0 Å². The summed E-state index contributed by atoms with van der Waals surface area (Å²) in [4.78, 5) is 22.1. The van der Waals surface area contributed by atoms with E-state index in [4.69, 9.17) is 0 Å². The number of amides is 1. The Morgan fingerprint density at radius 2 is 2.04 bits per heavy atom. The molecule has 0 aliphatic heterocycles. The molecular weight excluding hydrogens is 310 g/mol. The van der Waals surface area contributed by atoms with Crippen LogP contribution in [0, 0.1) is 0 Å². The lowest BCUT2D eigenvalue weighted by Gasteiger charge is -2.14. The highest BCUT2D eigenvalue weighted by molar-refractivity contribution is 7.09. The van der Waals surface area contributed by atoms with Crippen molar-refractivity contribution in [2.75, 3.05) is 33.7 Å². The maximum Gasteiger partial charge on any atom is 0.243 e. The maximum absolute atomic E-state index is 11.6. The summed E-state index contributed by atoms with van der Waals surface area (Å²) in [5.41, 5.74) is 1.22. The second-order valence-corrected chi connectivity index (χ2v) is 7.48. The number of likely N-dealkylation sites (N-methyl/N-ethyl adjacent to an activating group) is 1. The molecule has 0 aliphatic carbocycles. The van der Waals surface area contributed by atoms with Crippen molar-refractivity contribution in [3.8, 4) is 0 Å². The van der Waals surface area contributed by atoms with Crippen molar-refractivity contribution in [3.05, 3.63) is 16.1 Å². The molecule has 130 valence electrons. The van der Waals surface area contributed by atoms with Crippen LogP contribution in [-0.2, 0) is 16.6 Å². The van der Waals surface area contributed by atoms with E-state index >= 15 is 0 Å². The highest BCUT2D eigenvalue weighted by Gasteiger charge is 2.17. The maximum atomic E-state index is 11.6. The fourth-order valence-electron chi connectivity index (χ4n) is 1.69. The second kappa shape index (κ2) is 8.86. The molecule has 1 heterocycles. The highest BCUT2D eigenvalue weighted by Crippen LogP contribution is 2.23. The number of guanidine groups is 1. The molecule has 0 aromatic carbocycles. The number of carbonyl (C=O) groups excluding carboxylic acids is 1. The Labute approximate surface area is 143 Å². The van der Waals surface area contributed by atoms with Crippen LogP contribution in [0.5, 0.6) is 0 Å². The van der Waals surface area contributed by atoms with Gasteiger partial charge >= 0.3 is 0 Å². The number of nitrogens with one attached hydrogen (secondary N) is 2. The van der Waals surface area contributed by atoms with Crippen molar-refractivity contribution in [2.45, 2.75) is 39.5 Å². The Kier molecular flexibility index (Phi) is 7.48. The molecule has 0 radical (unpaired) electrons. The smallest absolute Gasteiger partial charge is 0.243 e. The van der Waals surface area contributed by atoms with Crippen molar-refractivity contribution in [1.82, 2.24) is 20.5 Å². The van der Waals surface area contributed by atoms with Gasteiger partial charge in [-0.3, -0.25) is 4.79 Å². The summed E-state index contributed by atoms with van der Waals surface area (Å²) in [6.45, 7) is 10.1. The molecule has 0 aliphatic rings. The molecule has 1 aromatic rings. The monoisotopic (exact) mass is 339 g/mol. The molecule has 1 aromatic heterocycles. The molecule has 0 bridgehead atoms. The third-order valence-electron chi connectivity index (χ3n) is 3.17. The summed E-state index contributed by atoms with van der Waals surface area (Å²) in [6, 6.07) is 0. The van der Waals surface area contributed by atoms with Gasteiger partial charge in [-0.1, -0.05) is 20.8 Å². The van der Waals surface area contributed by atoms with E-state index < -0.39 is 0 Å². The minimum Gasteiger partial charge on any atom is -0.357 e. The van der Waals surface area contributed by atoms with Crippen LogP contribution in [0.3, 0.4) is 0 Å². The zero-order chi connectivity index (χ0) is 17.5. The standard InChI is InChI=1S/C16H29N5OS/c1-7-17-15(19-10-14(22)21(5)6)18-9-8-13-20-12(11-23-13)16(2,3)4/h11H,7-10H2,1-6H3,(H2,17,18,19). The third-order valence-corrected chi connectivity index (χ3v) is 4.08. The first-order valence-corrected chi connectivity index (χ1v) is 8.79. The van der Waals surface area contributed by atoms with Crippen LogP contribution in [0.4, 0.5) is 0 Å². The van der Waals surface area contributed by atoms with E-state index in [2.05, 4.69) is 46.8 Å². The third kappa shape index (κ3) is 6.99. The topological polar surface area (TPSA) is 69.6 Å². The van der Waals surface area contributed by atoms with E-state index in [9.17, 15) is 4.79 Å². The fourth-order valence-corrected chi connectivity index (χ4v) is 2.71. The van der Waals surface area contributed by atoms with Gasteiger partial charge in [-0.15, -0.1) is 11.3 Å². The number of thiazole rings is 1. The SMILES string of the molecule is CCNC(=NCC(=O)N(C)C)NCCc1nc(C(C)(C)C)cs1. The number of aliphatic imine (C=N–C) groups is 1. The molecule has 1 rings (SSSR count). The van der Waals surface area contributed by atoms with E-state index in [0.717, 1.165) is 30.2 Å². The quantitative estimate of drug-likeness (QED) is 0.610. The molecule has 6 nitrogen and oxygen atoms in total. The first kappa shape index (κ1) is 19.4. The Morgan fingerprint density at radius 3 is 2.57 bits per heavy atom. The summed E-state index contributed by atoms with van der Waals surface area (Å²) in [5.74, 6) is 0.646. The first-order chi connectivity index (χ1) is 10.7. The van der Waals surface area contributed by atoms with Gasteiger partial charge in [-0.05, 0) is 6.92 Å². The van der Waals surface area contributed by atoms with Gasteiger partial charge in [0.1, 0.15) is 6.54 Å². The average Bonchev–Trinajstić information content (AvgIpc) is 2.93. The number of hydrogen-bond donors (Lipinski definition) is 2. The minimum atomic E-state index is -0.0167. The lowest BCUT2D eigenvalue weighted by Crippen LogP contribution is -2.39. The molecular formula is C16H29N5OS. The number of hydrogen-bond acceptors (Lipinski definition) is 4. The van der Waals surface area contributed by atoms with E-state index in [1.165, 1.54) is 4.90 Å². The zero-order valence-electron chi connectivity index (χ0n) is 15.1. The van der Waals surface area contributed by atoms with Crippen molar-refractivity contribution in [3.63, 3.8) is 0 Å². The van der Waals surface area contributed by atoms with E-state index in [1.54, 1.807) is 25.4 Å². The Hall–Kier alpha value is -1.63. The van der Waals surface area contributed by atoms with Crippen molar-refractivity contribution < 1.29 is 4.79 Å². The van der Waals surface area contributed by atoms with Crippen molar-refractivity contribution in [2.24, 2.45) is 4.99 Å². The lowest BCUT2D eigenvalue weighted by molar-refractivity contribution is -0.127. The number of nitrogens with zero attached hydrogens (tertiary/aromatic N) is 3. The van der Waals surface area contributed by atoms with Gasteiger partial charge in [0.05, 0.1) is 10.7 Å². The Bertz CT molecular complexity index is 531. The summed E-state index contributed by atoms with van der Waals surface area (Å²) >= 11 is 1.69. The van der Waals surface area contributed by atoms with E-state index in [-0.39, 0.29) is 17.9 Å². The normalized spacial score (nSPS) is 12.2. The number of carbonyl (C=O) groups is 1. The second-order valence-electron chi connectivity index (χ2n) is 6.54. The average molecular weight is 340 g/mol. The van der Waals surface area contributed by atoms with Crippen LogP contribution in [0.15, 0.2) is 10.4 Å². The molecule has 0 atom stereocenters. The highest BCUT2D eigenvalue weighted by atomic mass is 32.1. The molecule has 23 heavy (non-hydrogen) atoms. The zero-order valence-corrected chi connectivity index (χ0v) is 15.9. The number of aromatic nitrogens is 1. The van der Waals surface area contributed by atoms with Gasteiger partial charge in [-0.25, -0.2) is 9.98 Å². The molecule has 7 heteroatoms. The van der Waals surface area contributed by atoms with Gasteiger partial charge in [0.25, 0.3) is 0 Å². The van der Waals surface area contributed by atoms with Crippen LogP contribution in [0.2, 0.25) is 0 Å². The van der Waals surface area contributed by atoms with Crippen LogP contribution < -0.4 is 10.6 Å². The van der Waals surface area contributed by atoms with E-state index in [1.807, 2.05) is 6.92 Å². The van der Waals surface area contributed by atoms with Crippen molar-refractivity contribution >= 4 is 23.2 Å². The molecule has 0 saturated heterocycles. The summed E-state index contributed by atoms with van der Waals surface area (Å²) in [7, 11) is 3.46. The molecule has 1 amide bonds. The van der Waals surface area contributed by atoms with Gasteiger partial charge in [0.15, 0.2) is 5.96 Å². The Morgan fingerprint density at radius 1 is 1.35 bits per heavy atom. The van der Waals surface area contributed by atoms with Crippen LogP contribution in [0.1, 0.15) is 38.4 Å². The fraction of sp³-hybridized carbons (Fsp3) is 0.688. The summed E-state index contributed by atoms with van der Waals surface area (Å²) in [6.07, 6.45) is 0.840. The predicted octanol–water partition coefficient (Wildman–Crippen LogP) is 1.63. The van der Waals surface area contributed by atoms with Gasteiger partial charge < -0.3 is 15.5 Å². The largest absolute Gasteiger partial charge is 0.357 e. The molecule has 0 spiro atoms. The van der Waals surface area contributed by atoms with E-state index in [0.29, 0.717) is 5.96 Å². The van der Waals surface area contributed by atoms with Crippen LogP contribution >= 0.6 is 11.3 Å². The van der Waals surface area contributed by atoms with Gasteiger partial charge in [0, 0.05) is 44.4 Å². The lowest BCUT2D eigenvalue weighted by atomic mass is 9.93. The van der Waals surface area contributed by atoms with Gasteiger partial charge in [-0.2, -0.15) is 0 Å². The summed E-state index contributed by atoms with van der Waals surface area (Å²) < 4.78 is 0. The molecule has 2 N–H and O–H groups in total.